The van der Waals surface area contributed by atoms with Crippen LogP contribution in [0.2, 0.25) is 0 Å². The molecule has 0 radical (unpaired) electrons. The van der Waals surface area contributed by atoms with E-state index in [2.05, 4.69) is 185 Å². The summed E-state index contributed by atoms with van der Waals surface area (Å²) in [6, 6.07) is 56.0. The topological polar surface area (TPSA) is 190 Å². The van der Waals surface area contributed by atoms with Crippen molar-refractivity contribution < 1.29 is 74.6 Å². The molecule has 8 aliphatic heterocycles. The highest BCUT2D eigenvalue weighted by atomic mass is 79.9. The Morgan fingerprint density at radius 2 is 0.730 bits per heavy atom. The largest absolute Gasteiger partial charge is 1.00 e. The third-order valence-corrected chi connectivity index (χ3v) is 20.7. The second-order valence-electron chi connectivity index (χ2n) is 26.8. The zero-order valence-electron chi connectivity index (χ0n) is 56.1. The minimum Gasteiger partial charge on any atom is -1.00 e. The van der Waals surface area contributed by atoms with Crippen molar-refractivity contribution >= 4 is 79.6 Å². The summed E-state index contributed by atoms with van der Waals surface area (Å²) in [4.78, 5) is 60.7. The van der Waals surface area contributed by atoms with E-state index in [1.807, 2.05) is 6.07 Å². The van der Waals surface area contributed by atoms with Crippen molar-refractivity contribution in [3.05, 3.63) is 242 Å². The van der Waals surface area contributed by atoms with E-state index in [0.29, 0.717) is 40.7 Å². The molecule has 8 fully saturated rings. The SMILES string of the molecule is COC(=O)c1ccc(N2C[C@@H]3C[C@H]2CN3c2cccc(C)c2)cc1F.Cc1cccc(N2C[C@@H]3C[C@H]2CN3c2ccc(C(=O)NO)c(F)c2)c1.Cc1cccc(N2C[C@@H]3C[C@H]2CN3c2ccc(C(=O)O)c(F)c2)c1.Cc1cccc(N2C[C@@H]3C[C@H]2C[NH2+]3)c1.O=C(O)c1ccc(Br)cc1F.[Cl-]. The molecule has 1 amide bonds. The summed E-state index contributed by atoms with van der Waals surface area (Å²) in [6.07, 6.45) is 4.56. The Kier molecular flexibility index (Phi) is 22.3. The number of carbonyl (C=O) groups is 4. The highest BCUT2D eigenvalue weighted by Crippen LogP contribution is 2.42. The lowest BCUT2D eigenvalue weighted by molar-refractivity contribution is -0.672. The molecule has 8 aromatic rings. The summed E-state index contributed by atoms with van der Waals surface area (Å²) >= 11 is 3.01. The number of hydrogen-bond acceptors (Lipinski definition) is 13. The molecule has 8 aliphatic rings. The number of rotatable bonds is 11. The lowest BCUT2D eigenvalue weighted by atomic mass is 10.1. The predicted molar refractivity (Wildman–Crippen MR) is 380 cm³/mol. The van der Waals surface area contributed by atoms with E-state index in [9.17, 15) is 36.7 Å². The van der Waals surface area contributed by atoms with Crippen molar-refractivity contribution in [2.75, 3.05) is 93.8 Å². The molecule has 8 saturated heterocycles. The van der Waals surface area contributed by atoms with Gasteiger partial charge in [-0.3, -0.25) is 10.0 Å². The maximum Gasteiger partial charge on any atom is 0.340 e. The summed E-state index contributed by atoms with van der Waals surface area (Å²) in [5, 5.41) is 28.5. The standard InChI is InChI=1S/C20H21FN2O2.C19H20FN3O2.C19H19FN2O2.C12H16N2.C7H4BrFO2.ClH/c1-13-4-3-5-14(8-13)22-11-17-9-16(22)12-23(17)15-6-7-18(19(21)10-15)20(24)25-2;1-12-3-2-4-13(7-12)22-10-16-8-15(22)11-23(16)14-5-6-17(18(20)9-14)19(24)21-25;1-12-3-2-4-13(7-12)21-10-16-8-15(21)11-22(16)14-5-6-17(19(23)24)18(20)9-14;1-9-3-2-4-11(5-9)14-8-10-6-12(14)7-13-10;8-4-1-2-5(7(10)11)6(9)3-4;/h3-8,10,16-17H,9,11-12H2,1-2H3;2-7,9,15-16,25H,8,10-11H2,1H3,(H,21,24);2-7,9,15-16H,8,10-11H2,1H3,(H,23,24);2-5,10,12-13H,6-8H2,1H3;1-3H,(H,10,11);1H/t16-,17-;2*15-,16-;10-,12-;;/m0000../s1. The Labute approximate surface area is 594 Å². The monoisotopic (exact) mass is 1450 g/mol. The molecule has 0 saturated carbocycles. The van der Waals surface area contributed by atoms with Gasteiger partial charge in [0.05, 0.1) is 48.5 Å². The Bertz CT molecular complexity index is 4190. The first-order valence-electron chi connectivity index (χ1n) is 33.4. The number of amides is 1. The summed E-state index contributed by atoms with van der Waals surface area (Å²) < 4.78 is 60.2. The summed E-state index contributed by atoms with van der Waals surface area (Å²) in [5.74, 6) is -6.51. The molecule has 8 bridgehead atoms. The zero-order chi connectivity index (χ0) is 69.9. The number of halogens is 6. The van der Waals surface area contributed by atoms with E-state index in [1.54, 1.807) is 12.1 Å². The average Bonchev–Trinajstić information content (AvgIpc) is 1.62. The van der Waals surface area contributed by atoms with Crippen LogP contribution >= 0.6 is 15.9 Å². The third-order valence-electron chi connectivity index (χ3n) is 20.2. The number of aryl methyl sites for hydroxylation is 4. The molecule has 8 aromatic carbocycles. The number of fused-ring (bicyclic) bond motifs is 8. The summed E-state index contributed by atoms with van der Waals surface area (Å²) in [6.45, 7) is 16.3. The molecule has 8 atom stereocenters. The number of ether oxygens (including phenoxy) is 1. The van der Waals surface area contributed by atoms with Crippen LogP contribution in [-0.2, 0) is 4.74 Å². The number of hydroxylamine groups is 1. The van der Waals surface area contributed by atoms with Crippen LogP contribution in [-0.4, -0.2) is 147 Å². The normalized spacial score (nSPS) is 21.4. The van der Waals surface area contributed by atoms with Crippen LogP contribution in [0, 0.1) is 51.0 Å². The van der Waals surface area contributed by atoms with E-state index in [0.717, 1.165) is 93.7 Å². The van der Waals surface area contributed by atoms with Crippen molar-refractivity contribution in [1.82, 2.24) is 5.48 Å². The highest BCUT2D eigenvalue weighted by molar-refractivity contribution is 9.10. The molecule has 16 rings (SSSR count). The van der Waals surface area contributed by atoms with E-state index >= 15 is 0 Å². The van der Waals surface area contributed by atoms with Crippen LogP contribution in [0.25, 0.3) is 0 Å². The highest BCUT2D eigenvalue weighted by Gasteiger charge is 2.47. The van der Waals surface area contributed by atoms with Gasteiger partial charge in [-0.15, -0.1) is 0 Å². The second-order valence-corrected chi connectivity index (χ2v) is 27.7. The second kappa shape index (κ2) is 31.0. The van der Waals surface area contributed by atoms with Gasteiger partial charge in [0, 0.05) is 126 Å². The number of quaternary nitrogens is 1. The van der Waals surface area contributed by atoms with Crippen molar-refractivity contribution in [3.63, 3.8) is 0 Å². The number of nitrogens with one attached hydrogen (secondary N) is 1. The first-order chi connectivity index (χ1) is 47.6. The van der Waals surface area contributed by atoms with Crippen LogP contribution in [0.4, 0.5) is 57.4 Å². The van der Waals surface area contributed by atoms with Gasteiger partial charge < -0.3 is 67.0 Å². The van der Waals surface area contributed by atoms with Crippen molar-refractivity contribution in [2.45, 2.75) is 102 Å². The molecule has 0 unspecified atom stereocenters. The van der Waals surface area contributed by atoms with Crippen molar-refractivity contribution in [2.24, 2.45) is 0 Å². The van der Waals surface area contributed by atoms with Gasteiger partial charge in [0.1, 0.15) is 29.3 Å². The predicted octanol–water partition coefficient (Wildman–Crippen LogP) is 9.22. The minimum atomic E-state index is -1.25. The van der Waals surface area contributed by atoms with E-state index in [1.165, 1.54) is 126 Å². The fourth-order valence-corrected chi connectivity index (χ4v) is 15.9. The molecule has 524 valence electrons. The molecule has 0 aromatic heterocycles. The van der Waals surface area contributed by atoms with Crippen molar-refractivity contribution in [1.29, 1.82) is 0 Å². The molecular weight excluding hydrogens is 1370 g/mol. The maximum absolute atomic E-state index is 14.2. The first kappa shape index (κ1) is 71.9. The van der Waals surface area contributed by atoms with Gasteiger partial charge in [0.15, 0.2) is 0 Å². The zero-order valence-corrected chi connectivity index (χ0v) is 58.5. The molecule has 100 heavy (non-hydrogen) atoms. The summed E-state index contributed by atoms with van der Waals surface area (Å²) in [5.41, 5.74) is 13.4. The van der Waals surface area contributed by atoms with Gasteiger partial charge in [0.2, 0.25) is 0 Å². The van der Waals surface area contributed by atoms with Crippen LogP contribution < -0.4 is 57.5 Å². The number of nitrogens with two attached hydrogens (primary N) is 1. The average molecular weight is 1450 g/mol. The van der Waals surface area contributed by atoms with Gasteiger partial charge in [-0.2, -0.15) is 0 Å². The minimum absolute atomic E-state index is 0. The van der Waals surface area contributed by atoms with E-state index in [4.69, 9.17) is 15.4 Å². The number of methoxy groups -OCH3 is 1. The first-order valence-corrected chi connectivity index (χ1v) is 34.2. The molecule has 17 nitrogen and oxygen atoms in total. The number of nitrogens with zero attached hydrogens (tertiary/aromatic N) is 7. The van der Waals surface area contributed by atoms with Crippen LogP contribution in [0.1, 0.15) is 89.4 Å². The van der Waals surface area contributed by atoms with Gasteiger partial charge in [-0.1, -0.05) is 64.5 Å². The van der Waals surface area contributed by atoms with E-state index in [-0.39, 0.29) is 34.7 Å². The summed E-state index contributed by atoms with van der Waals surface area (Å²) in [7, 11) is 1.26. The Balaban J connectivity index is 0.000000129. The molecule has 8 heterocycles. The fourth-order valence-electron chi connectivity index (χ4n) is 15.5. The molecule has 0 spiro atoms. The number of carboxylic acids is 2. The number of benzene rings is 8. The van der Waals surface area contributed by atoms with Gasteiger partial charge in [0.25, 0.3) is 5.91 Å². The molecule has 23 heteroatoms. The quantitative estimate of drug-likeness (QED) is 0.0357. The Morgan fingerprint density at radius 3 is 1.00 bits per heavy atom. The lowest BCUT2D eigenvalue weighted by Crippen LogP contribution is -3.00. The Morgan fingerprint density at radius 1 is 0.420 bits per heavy atom. The number of anilines is 7. The maximum atomic E-state index is 14.2. The van der Waals surface area contributed by atoms with Gasteiger partial charge >= 0.3 is 17.9 Å². The molecule has 6 N–H and O–H groups in total. The fraction of sp³-hybridized carbons (Fsp3) is 0.325. The Hall–Kier alpha value is -9.35. The number of piperazine rings is 4. The smallest absolute Gasteiger partial charge is 0.340 e. The number of hydrogen-bond donors (Lipinski definition) is 5. The number of esters is 1. The van der Waals surface area contributed by atoms with Gasteiger partial charge in [-0.05, 0) is 191 Å². The van der Waals surface area contributed by atoms with E-state index < -0.39 is 47.1 Å². The van der Waals surface area contributed by atoms with Crippen molar-refractivity contribution in [3.8, 4) is 0 Å². The lowest BCUT2D eigenvalue weighted by Gasteiger charge is -2.37. The third kappa shape index (κ3) is 15.8. The molecule has 0 aliphatic carbocycles. The molecular formula is C77H81BrClF4N9O8. The number of aromatic carboxylic acids is 2. The van der Waals surface area contributed by atoms with Crippen LogP contribution in [0.5, 0.6) is 0 Å². The van der Waals surface area contributed by atoms with Crippen LogP contribution in [0.3, 0.4) is 0 Å². The van der Waals surface area contributed by atoms with Crippen LogP contribution in [0.15, 0.2) is 174 Å². The van der Waals surface area contributed by atoms with Gasteiger partial charge in [-0.25, -0.2) is 37.4 Å². The number of carbonyl (C=O) groups excluding carboxylic acids is 2. The number of carboxylic acid groups (broad SMARTS) is 2.